The lowest BCUT2D eigenvalue weighted by atomic mass is 9.87. The fourth-order valence-corrected chi connectivity index (χ4v) is 6.85. The van der Waals surface area contributed by atoms with Crippen LogP contribution in [0.25, 0.3) is 0 Å². The zero-order chi connectivity index (χ0) is 23.0. The molecule has 0 amide bonds. The smallest absolute Gasteiger partial charge is 0.377 e. The van der Waals surface area contributed by atoms with E-state index in [-0.39, 0.29) is 5.41 Å². The average molecular weight is 448 g/mol. The first-order chi connectivity index (χ1) is 14.4. The molecule has 6 nitrogen and oxygen atoms in total. The van der Waals surface area contributed by atoms with E-state index in [1.807, 2.05) is 0 Å². The third-order valence-electron chi connectivity index (χ3n) is 6.16. The maximum atomic E-state index is 5.96. The highest BCUT2D eigenvalue weighted by Gasteiger charge is 2.49. The summed E-state index contributed by atoms with van der Waals surface area (Å²) in [6, 6.07) is 0.837. The van der Waals surface area contributed by atoms with Gasteiger partial charge in [0.25, 0.3) is 0 Å². The van der Waals surface area contributed by atoms with E-state index < -0.39 is 8.80 Å². The molecule has 182 valence electrons. The van der Waals surface area contributed by atoms with Gasteiger partial charge in [0.2, 0.25) is 0 Å². The Morgan fingerprint density at radius 1 is 0.567 bits per heavy atom. The van der Waals surface area contributed by atoms with Crippen molar-refractivity contribution in [2.75, 3.05) is 80.2 Å². The molecule has 0 spiro atoms. The molecule has 0 rings (SSSR count). The van der Waals surface area contributed by atoms with Crippen molar-refractivity contribution in [1.82, 2.24) is 14.7 Å². The van der Waals surface area contributed by atoms with Crippen molar-refractivity contribution in [1.29, 1.82) is 0 Å². The highest BCUT2D eigenvalue weighted by Crippen LogP contribution is 2.34. The molecule has 0 saturated heterocycles. The van der Waals surface area contributed by atoms with Crippen molar-refractivity contribution in [2.45, 2.75) is 66.8 Å². The lowest BCUT2D eigenvalue weighted by Crippen LogP contribution is -2.58. The molecule has 0 aliphatic carbocycles. The molecule has 0 atom stereocenters. The van der Waals surface area contributed by atoms with Gasteiger partial charge in [-0.3, -0.25) is 0 Å². The summed E-state index contributed by atoms with van der Waals surface area (Å²) in [5, 5.41) is 0. The Kier molecular flexibility index (Phi) is 16.6. The summed E-state index contributed by atoms with van der Waals surface area (Å²) in [7, 11) is 2.51. The van der Waals surface area contributed by atoms with Crippen LogP contribution in [0.5, 0.6) is 0 Å². The molecule has 0 aromatic carbocycles. The van der Waals surface area contributed by atoms with E-state index in [0.717, 1.165) is 64.9 Å². The summed E-state index contributed by atoms with van der Waals surface area (Å²) in [6.45, 7) is 23.4. The average Bonchev–Trinajstić information content (AvgIpc) is 2.76. The second-order valence-electron chi connectivity index (χ2n) is 8.58. The first-order valence-corrected chi connectivity index (χ1v) is 14.1. The molecule has 0 radical (unpaired) electrons. The Bertz CT molecular complexity index is 362. The minimum absolute atomic E-state index is 0.0236. The van der Waals surface area contributed by atoms with Crippen molar-refractivity contribution < 1.29 is 13.3 Å². The third kappa shape index (κ3) is 10.1. The summed E-state index contributed by atoms with van der Waals surface area (Å²) in [4.78, 5) is 7.83. The van der Waals surface area contributed by atoms with E-state index >= 15 is 0 Å². The summed E-state index contributed by atoms with van der Waals surface area (Å²) in [6.07, 6.45) is 3.51. The molecule has 0 bridgehead atoms. The number of hydrogen-bond donors (Lipinski definition) is 0. The summed E-state index contributed by atoms with van der Waals surface area (Å²) < 4.78 is 17.9. The highest BCUT2D eigenvalue weighted by atomic mass is 28.4. The van der Waals surface area contributed by atoms with E-state index in [1.54, 1.807) is 21.3 Å². The van der Waals surface area contributed by atoms with Gasteiger partial charge in [0.05, 0.1) is 0 Å². The maximum Gasteiger partial charge on any atom is 0.500 e. The van der Waals surface area contributed by atoms with Crippen molar-refractivity contribution in [3.8, 4) is 0 Å². The van der Waals surface area contributed by atoms with E-state index in [2.05, 4.69) is 56.2 Å². The first kappa shape index (κ1) is 30.0. The van der Waals surface area contributed by atoms with Crippen molar-refractivity contribution >= 4 is 8.80 Å². The highest BCUT2D eigenvalue weighted by molar-refractivity contribution is 6.60. The SMILES string of the molecule is CCCN(CC)CC(CN(CC)CCC)(CN(CC)CCC)C[Si](OC)(OC)OC. The Morgan fingerprint density at radius 3 is 1.07 bits per heavy atom. The number of rotatable bonds is 20. The minimum atomic E-state index is -2.74. The van der Waals surface area contributed by atoms with Crippen LogP contribution in [0.4, 0.5) is 0 Å². The van der Waals surface area contributed by atoms with Crippen LogP contribution in [0.3, 0.4) is 0 Å². The van der Waals surface area contributed by atoms with Crippen LogP contribution in [0.2, 0.25) is 6.04 Å². The van der Waals surface area contributed by atoms with Crippen LogP contribution in [-0.4, -0.2) is 104 Å². The molecule has 0 fully saturated rings. The predicted molar refractivity (Wildman–Crippen MR) is 131 cm³/mol. The first-order valence-electron chi connectivity index (χ1n) is 12.2. The van der Waals surface area contributed by atoms with E-state index in [0.29, 0.717) is 0 Å². The molecule has 0 aromatic rings. The van der Waals surface area contributed by atoms with Crippen LogP contribution < -0.4 is 0 Å². The standard InChI is InChI=1S/C23H53N3O3Si/c1-10-16-24(13-4)19-23(20-25(14-5)17-11-2,21-26(15-6)18-12-3)22-30(27-7,28-8)29-9/h10-22H2,1-9H3. The van der Waals surface area contributed by atoms with Gasteiger partial charge >= 0.3 is 8.80 Å². The fourth-order valence-electron chi connectivity index (χ4n) is 4.66. The monoisotopic (exact) mass is 447 g/mol. The minimum Gasteiger partial charge on any atom is -0.377 e. The van der Waals surface area contributed by atoms with Gasteiger partial charge in [-0.25, -0.2) is 0 Å². The third-order valence-corrected chi connectivity index (χ3v) is 9.21. The van der Waals surface area contributed by atoms with Crippen molar-refractivity contribution in [3.63, 3.8) is 0 Å². The second kappa shape index (κ2) is 16.6. The van der Waals surface area contributed by atoms with Gasteiger partial charge in [-0.2, -0.15) is 0 Å². The molecule has 0 aliphatic rings. The molecule has 0 aromatic heterocycles. The Labute approximate surface area is 189 Å². The largest absolute Gasteiger partial charge is 0.500 e. The van der Waals surface area contributed by atoms with Gasteiger partial charge < -0.3 is 28.0 Å². The van der Waals surface area contributed by atoms with Gasteiger partial charge in [-0.1, -0.05) is 41.5 Å². The van der Waals surface area contributed by atoms with Crippen LogP contribution in [0.15, 0.2) is 0 Å². The lowest BCUT2D eigenvalue weighted by Gasteiger charge is -2.46. The van der Waals surface area contributed by atoms with Crippen LogP contribution >= 0.6 is 0 Å². The van der Waals surface area contributed by atoms with Crippen molar-refractivity contribution in [3.05, 3.63) is 0 Å². The number of hydrogen-bond acceptors (Lipinski definition) is 6. The van der Waals surface area contributed by atoms with Gasteiger partial charge in [-0.05, 0) is 58.5 Å². The molecule has 30 heavy (non-hydrogen) atoms. The Morgan fingerprint density at radius 2 is 0.867 bits per heavy atom. The topological polar surface area (TPSA) is 37.4 Å². The van der Waals surface area contributed by atoms with Crippen LogP contribution in [-0.2, 0) is 13.3 Å². The van der Waals surface area contributed by atoms with Gasteiger partial charge in [-0.15, -0.1) is 0 Å². The second-order valence-corrected chi connectivity index (χ2v) is 11.5. The molecular weight excluding hydrogens is 394 g/mol. The quantitative estimate of drug-likeness (QED) is 0.262. The Hall–Kier alpha value is -0.0231. The molecule has 0 N–H and O–H groups in total. The van der Waals surface area contributed by atoms with Crippen LogP contribution in [0.1, 0.15) is 60.8 Å². The predicted octanol–water partition coefficient (Wildman–Crippen LogP) is 4.05. The molecule has 7 heteroatoms. The maximum absolute atomic E-state index is 5.96. The molecule has 0 unspecified atom stereocenters. The molecule has 0 saturated carbocycles. The summed E-state index contributed by atoms with van der Waals surface area (Å²) in [5.41, 5.74) is 0.0236. The van der Waals surface area contributed by atoms with Gasteiger partial charge in [0.1, 0.15) is 0 Å². The molecular formula is C23H53N3O3Si. The van der Waals surface area contributed by atoms with Crippen molar-refractivity contribution in [2.24, 2.45) is 5.41 Å². The van der Waals surface area contributed by atoms with Gasteiger partial charge in [0, 0.05) is 52.4 Å². The van der Waals surface area contributed by atoms with E-state index in [9.17, 15) is 0 Å². The molecule has 0 aliphatic heterocycles. The zero-order valence-electron chi connectivity index (χ0n) is 21.8. The Balaban J connectivity index is 6.23. The lowest BCUT2D eigenvalue weighted by molar-refractivity contribution is 0.0430. The number of nitrogens with zero attached hydrogens (tertiary/aromatic N) is 3. The van der Waals surface area contributed by atoms with E-state index in [1.165, 1.54) is 19.3 Å². The zero-order valence-corrected chi connectivity index (χ0v) is 22.8. The van der Waals surface area contributed by atoms with E-state index in [4.69, 9.17) is 13.3 Å². The summed E-state index contributed by atoms with van der Waals surface area (Å²) in [5.74, 6) is 0. The van der Waals surface area contributed by atoms with Gasteiger partial charge in [0.15, 0.2) is 0 Å². The molecule has 0 heterocycles. The van der Waals surface area contributed by atoms with Crippen LogP contribution in [0, 0.1) is 5.41 Å². The normalized spacial score (nSPS) is 13.2. The summed E-state index contributed by atoms with van der Waals surface area (Å²) >= 11 is 0. The fraction of sp³-hybridized carbons (Fsp3) is 1.00.